The summed E-state index contributed by atoms with van der Waals surface area (Å²) in [7, 11) is -0.133. The molecule has 5 fully saturated rings. The first-order valence-electron chi connectivity index (χ1n) is 26.7. The summed E-state index contributed by atoms with van der Waals surface area (Å²) in [5.41, 5.74) is 0.826. The van der Waals surface area contributed by atoms with Gasteiger partial charge >= 0.3 is 356 Å². The number of methoxy groups -OCH3 is 1. The Morgan fingerprint density at radius 1 is 0.889 bits per heavy atom. The van der Waals surface area contributed by atoms with Gasteiger partial charge in [-0.2, -0.15) is 0 Å². The van der Waals surface area contributed by atoms with Crippen molar-refractivity contribution in [3.63, 3.8) is 0 Å². The molecule has 1 aromatic rings. The third-order valence-corrected chi connectivity index (χ3v) is 36.3. The summed E-state index contributed by atoms with van der Waals surface area (Å²) >= 11 is -2.76. The summed E-state index contributed by atoms with van der Waals surface area (Å²) in [5.74, 6) is 1.92. The molecule has 0 radical (unpaired) electrons. The summed E-state index contributed by atoms with van der Waals surface area (Å²) in [5, 5.41) is 13.6. The van der Waals surface area contributed by atoms with E-state index in [1.165, 1.54) is 122 Å². The number of hydrogen-bond acceptors (Lipinski definition) is 7. The Balaban J connectivity index is 1.47. The first-order chi connectivity index (χ1) is 30.3. The molecule has 4 aliphatic heterocycles. The van der Waals surface area contributed by atoms with Crippen molar-refractivity contribution in [2.24, 2.45) is 17.3 Å². The molecule has 1 aromatic carbocycles. The predicted octanol–water partition coefficient (Wildman–Crippen LogP) is 13.3. The molecule has 4 saturated heterocycles. The van der Waals surface area contributed by atoms with Crippen LogP contribution in [-0.4, -0.2) is 112 Å². The van der Waals surface area contributed by atoms with E-state index in [-0.39, 0.29) is 34.4 Å². The maximum absolute atomic E-state index is 13.4. The minimum atomic E-state index is -2.76. The number of piperidine rings is 1. The molecular formula is C54H96N2O5SiSn. The van der Waals surface area contributed by atoms with Crippen molar-refractivity contribution in [3.8, 4) is 5.75 Å². The number of benzene rings is 1. The molecule has 0 amide bonds. The fraction of sp³-hybridized carbons (Fsp3) is 0.852. The molecule has 5 bridgehead atoms. The maximum atomic E-state index is 13.4. The van der Waals surface area contributed by atoms with Gasteiger partial charge in [0, 0.05) is 0 Å². The number of nitrogens with zero attached hydrogens (tertiary/aromatic N) is 2. The van der Waals surface area contributed by atoms with Crippen molar-refractivity contribution >= 4 is 26.7 Å². The molecule has 0 aromatic heterocycles. The Morgan fingerprint density at radius 3 is 2.14 bits per heavy atom. The van der Waals surface area contributed by atoms with Gasteiger partial charge in [0.25, 0.3) is 0 Å². The third kappa shape index (κ3) is 12.1. The fourth-order valence-electron chi connectivity index (χ4n) is 13.3. The van der Waals surface area contributed by atoms with Crippen LogP contribution in [0.1, 0.15) is 169 Å². The second-order valence-electron chi connectivity index (χ2n) is 22.9. The van der Waals surface area contributed by atoms with Crippen LogP contribution in [0, 0.1) is 17.3 Å². The van der Waals surface area contributed by atoms with Gasteiger partial charge in [-0.15, -0.1) is 0 Å². The molecule has 4 heterocycles. The Kier molecular flexibility index (Phi) is 19.5. The number of aliphatic hydroxyl groups is 1. The van der Waals surface area contributed by atoms with E-state index in [2.05, 4.69) is 98.9 Å². The zero-order chi connectivity index (χ0) is 45.1. The van der Waals surface area contributed by atoms with Crippen LogP contribution in [-0.2, 0) is 20.5 Å². The molecule has 9 heteroatoms. The van der Waals surface area contributed by atoms with Crippen molar-refractivity contribution in [2.45, 2.75) is 232 Å². The molecule has 6 rings (SSSR count). The van der Waals surface area contributed by atoms with Crippen LogP contribution in [0.25, 0.3) is 0 Å². The van der Waals surface area contributed by atoms with Crippen LogP contribution in [0.3, 0.4) is 0 Å². The summed E-state index contributed by atoms with van der Waals surface area (Å²) in [6.45, 7) is 24.4. The van der Waals surface area contributed by atoms with Crippen molar-refractivity contribution in [2.75, 3.05) is 40.0 Å². The Hall–Kier alpha value is -0.464. The first kappa shape index (κ1) is 51.9. The van der Waals surface area contributed by atoms with Gasteiger partial charge in [0.1, 0.15) is 0 Å². The molecule has 63 heavy (non-hydrogen) atoms. The van der Waals surface area contributed by atoms with E-state index in [1.54, 1.807) is 7.11 Å². The molecular weight excluding hydrogens is 903 g/mol. The van der Waals surface area contributed by atoms with Crippen molar-refractivity contribution in [1.82, 2.24) is 9.80 Å². The second kappa shape index (κ2) is 23.7. The quantitative estimate of drug-likeness (QED) is 0.0917. The topological polar surface area (TPSA) is 63.6 Å². The normalized spacial score (nSPS) is 29.8. The van der Waals surface area contributed by atoms with E-state index < -0.39 is 32.8 Å². The summed E-state index contributed by atoms with van der Waals surface area (Å²) < 4.78 is 34.5. The van der Waals surface area contributed by atoms with Crippen molar-refractivity contribution in [1.29, 1.82) is 0 Å². The third-order valence-electron chi connectivity index (χ3n) is 17.6. The molecule has 1 aliphatic carbocycles. The molecule has 5 unspecified atom stereocenters. The molecule has 8 atom stereocenters. The van der Waals surface area contributed by atoms with E-state index in [9.17, 15) is 5.11 Å². The Labute approximate surface area is 392 Å². The van der Waals surface area contributed by atoms with Crippen LogP contribution in [0.5, 0.6) is 5.75 Å². The van der Waals surface area contributed by atoms with Gasteiger partial charge in [0.05, 0.1) is 0 Å². The minimum absolute atomic E-state index is 0.00998. The van der Waals surface area contributed by atoms with Crippen molar-refractivity contribution in [3.05, 3.63) is 40.0 Å². The number of ether oxygens (including phenoxy) is 3. The molecule has 1 N–H and O–H groups in total. The van der Waals surface area contributed by atoms with Gasteiger partial charge in [-0.1, -0.05) is 20.8 Å². The molecule has 5 aliphatic rings. The van der Waals surface area contributed by atoms with Crippen LogP contribution in [0.4, 0.5) is 0 Å². The van der Waals surface area contributed by atoms with E-state index in [0.717, 1.165) is 57.0 Å². The standard InChI is InChI=1S/C42H69N2O5Si.3C4H9.Sn/c1-8-36(45)38(47-30-32-19-21-34(46-5)22-20-32)42-35-23-26-43-25-16-14-12-10-9-11-13-15-24-41(39(42)43)28-33(35)29-44(42)37(48-31-41)18-17-27-49-50(6,7)40(2,3)4;3*1-3-4-2;/h1,8,19-22,33,35-39,45H,9-18,23-31H2,2-7H3;3*1,3-4H2,2H3;/t33?,35?,36-,37-,38+,39?,41?,42?;;;;/m0..../s1. The number of unbranched alkanes of at least 4 members (excludes halogenated alkanes) is 3. The van der Waals surface area contributed by atoms with E-state index >= 15 is 0 Å². The zero-order valence-electron chi connectivity index (χ0n) is 42.2. The molecule has 7 nitrogen and oxygen atoms in total. The second-order valence-corrected chi connectivity index (χ2v) is 40.7. The van der Waals surface area contributed by atoms with Gasteiger partial charge in [0.15, 0.2) is 0 Å². The van der Waals surface area contributed by atoms with Gasteiger partial charge in [-0.3, -0.25) is 0 Å². The SMILES string of the molecule is CCC[CH2][Sn]([CH]=C[C@H](O)[C@@H](OCc1ccc(OC)cc1)C12C3CCN4CCCCCCCCCCC5(CO[C@@H](CCCO[Si](C)(C)C(C)(C)C)N1CC3C5)C42)([CH2]CCC)[CH2]CCC. The fourth-order valence-corrected chi connectivity index (χ4v) is 28.7. The summed E-state index contributed by atoms with van der Waals surface area (Å²) in [6, 6.07) is 8.75. The van der Waals surface area contributed by atoms with Gasteiger partial charge in [-0.05, 0) is 18.1 Å². The Bertz CT molecular complexity index is 1510. The van der Waals surface area contributed by atoms with Crippen LogP contribution < -0.4 is 4.74 Å². The Morgan fingerprint density at radius 2 is 1.52 bits per heavy atom. The zero-order valence-corrected chi connectivity index (χ0v) is 46.1. The number of rotatable bonds is 22. The molecule has 1 saturated carbocycles. The van der Waals surface area contributed by atoms with Crippen LogP contribution in [0.15, 0.2) is 34.4 Å². The average molecular weight is 1000 g/mol. The number of aliphatic hydroxyl groups excluding tert-OH is 1. The van der Waals surface area contributed by atoms with Gasteiger partial charge in [-0.25, -0.2) is 0 Å². The van der Waals surface area contributed by atoms with Gasteiger partial charge < -0.3 is 0 Å². The van der Waals surface area contributed by atoms with E-state index in [1.807, 2.05) is 0 Å². The van der Waals surface area contributed by atoms with Crippen LogP contribution >= 0.6 is 0 Å². The van der Waals surface area contributed by atoms with E-state index in [0.29, 0.717) is 18.4 Å². The average Bonchev–Trinajstić information content (AvgIpc) is 3.47. The first-order valence-corrected chi connectivity index (χ1v) is 37.3. The van der Waals surface area contributed by atoms with E-state index in [4.69, 9.17) is 18.6 Å². The molecule has 360 valence electrons. The summed E-state index contributed by atoms with van der Waals surface area (Å²) in [6.07, 6.45) is 25.3. The van der Waals surface area contributed by atoms with Crippen LogP contribution in [0.2, 0.25) is 31.4 Å². The summed E-state index contributed by atoms with van der Waals surface area (Å²) in [4.78, 5) is 5.86. The number of hydrogen-bond donors (Lipinski definition) is 1. The van der Waals surface area contributed by atoms with Gasteiger partial charge in [0.2, 0.25) is 0 Å². The predicted molar refractivity (Wildman–Crippen MR) is 269 cm³/mol. The van der Waals surface area contributed by atoms with Crippen molar-refractivity contribution < 1.29 is 23.7 Å². The monoisotopic (exact) mass is 1000 g/mol. The molecule has 0 spiro atoms.